The lowest BCUT2D eigenvalue weighted by atomic mass is 10.0. The summed E-state index contributed by atoms with van der Waals surface area (Å²) < 4.78 is 5.05. The summed E-state index contributed by atoms with van der Waals surface area (Å²) >= 11 is 0. The van der Waals surface area contributed by atoms with E-state index < -0.39 is 0 Å². The number of ketones is 1. The van der Waals surface area contributed by atoms with Crippen LogP contribution in [0.25, 0.3) is 5.57 Å². The van der Waals surface area contributed by atoms with Crippen molar-refractivity contribution in [2.75, 3.05) is 14.2 Å². The van der Waals surface area contributed by atoms with Crippen LogP contribution in [0.5, 0.6) is 5.75 Å². The molecule has 3 nitrogen and oxygen atoms in total. The fraction of sp³-hybridized carbons (Fsp3) is 0.250. The molecule has 15 heavy (non-hydrogen) atoms. The van der Waals surface area contributed by atoms with Gasteiger partial charge in [0.25, 0.3) is 0 Å². The van der Waals surface area contributed by atoms with Gasteiger partial charge in [-0.3, -0.25) is 4.79 Å². The maximum atomic E-state index is 11.3. The van der Waals surface area contributed by atoms with Crippen molar-refractivity contribution >= 4 is 11.4 Å². The topological polar surface area (TPSA) is 38.3 Å². The number of carbonyl (C=O) groups excluding carboxylic acids is 1. The second kappa shape index (κ2) is 5.20. The van der Waals surface area contributed by atoms with Gasteiger partial charge in [0.05, 0.1) is 7.11 Å². The van der Waals surface area contributed by atoms with Gasteiger partial charge in [0.2, 0.25) is 0 Å². The van der Waals surface area contributed by atoms with Crippen molar-refractivity contribution in [3.8, 4) is 5.75 Å². The molecule has 0 aliphatic carbocycles. The third kappa shape index (κ3) is 2.84. The highest BCUT2D eigenvalue weighted by molar-refractivity contribution is 6.19. The van der Waals surface area contributed by atoms with Crippen LogP contribution in [-0.4, -0.2) is 19.9 Å². The van der Waals surface area contributed by atoms with Gasteiger partial charge in [0.15, 0.2) is 5.78 Å². The van der Waals surface area contributed by atoms with Gasteiger partial charge in [-0.2, -0.15) is 0 Å². The number of allylic oxidation sites excluding steroid dienone is 1. The van der Waals surface area contributed by atoms with E-state index in [1.54, 1.807) is 27.3 Å². The van der Waals surface area contributed by atoms with E-state index in [1.165, 1.54) is 0 Å². The number of hydrogen-bond acceptors (Lipinski definition) is 3. The Kier molecular flexibility index (Phi) is 3.92. The minimum atomic E-state index is 0.0366. The third-order valence-corrected chi connectivity index (χ3v) is 2.07. The summed E-state index contributed by atoms with van der Waals surface area (Å²) in [6.07, 6.45) is 1.70. The molecule has 0 aliphatic rings. The molecular weight excluding hydrogens is 190 g/mol. The van der Waals surface area contributed by atoms with Gasteiger partial charge in [-0.05, 0) is 24.6 Å². The molecule has 0 atom stereocenters. The van der Waals surface area contributed by atoms with Crippen molar-refractivity contribution in [2.45, 2.75) is 6.92 Å². The summed E-state index contributed by atoms with van der Waals surface area (Å²) in [7, 11) is 3.39. The Morgan fingerprint density at radius 2 is 1.93 bits per heavy atom. The average Bonchev–Trinajstić information content (AvgIpc) is 2.26. The molecule has 0 saturated carbocycles. The molecule has 1 rings (SSSR count). The van der Waals surface area contributed by atoms with Crippen LogP contribution in [0.1, 0.15) is 12.5 Å². The molecule has 0 heterocycles. The highest BCUT2D eigenvalue weighted by Crippen LogP contribution is 2.18. The number of methoxy groups -OCH3 is 1. The normalized spacial score (nSPS) is 11.0. The van der Waals surface area contributed by atoms with E-state index in [0.717, 1.165) is 11.3 Å². The van der Waals surface area contributed by atoms with Crippen LogP contribution >= 0.6 is 0 Å². The summed E-state index contributed by atoms with van der Waals surface area (Å²) in [5, 5.41) is 2.86. The first-order valence-electron chi connectivity index (χ1n) is 4.72. The number of nitrogens with one attached hydrogen (secondary N) is 1. The van der Waals surface area contributed by atoms with E-state index in [0.29, 0.717) is 5.57 Å². The first kappa shape index (κ1) is 11.3. The Labute approximate surface area is 89.8 Å². The van der Waals surface area contributed by atoms with Crippen LogP contribution in [0.15, 0.2) is 30.5 Å². The van der Waals surface area contributed by atoms with Gasteiger partial charge >= 0.3 is 0 Å². The van der Waals surface area contributed by atoms with Gasteiger partial charge in [-0.25, -0.2) is 0 Å². The largest absolute Gasteiger partial charge is 0.497 e. The van der Waals surface area contributed by atoms with E-state index in [4.69, 9.17) is 4.74 Å². The minimum absolute atomic E-state index is 0.0366. The van der Waals surface area contributed by atoms with Crippen LogP contribution in [-0.2, 0) is 4.79 Å². The number of hydrogen-bond donors (Lipinski definition) is 1. The molecule has 1 aromatic carbocycles. The average molecular weight is 205 g/mol. The van der Waals surface area contributed by atoms with Crippen LogP contribution in [0.3, 0.4) is 0 Å². The lowest BCUT2D eigenvalue weighted by molar-refractivity contribution is -0.111. The van der Waals surface area contributed by atoms with Crippen LogP contribution in [0.2, 0.25) is 0 Å². The lowest BCUT2D eigenvalue weighted by Crippen LogP contribution is -2.02. The molecule has 1 aromatic rings. The van der Waals surface area contributed by atoms with Crippen molar-refractivity contribution in [3.63, 3.8) is 0 Å². The second-order valence-corrected chi connectivity index (χ2v) is 3.13. The van der Waals surface area contributed by atoms with Gasteiger partial charge in [-0.15, -0.1) is 0 Å². The zero-order valence-corrected chi connectivity index (χ0v) is 9.20. The molecule has 0 spiro atoms. The van der Waals surface area contributed by atoms with E-state index >= 15 is 0 Å². The van der Waals surface area contributed by atoms with Crippen molar-refractivity contribution in [3.05, 3.63) is 36.0 Å². The Balaban J connectivity index is 3.02. The Bertz CT molecular complexity index is 366. The first-order valence-corrected chi connectivity index (χ1v) is 4.72. The molecule has 1 N–H and O–H groups in total. The summed E-state index contributed by atoms with van der Waals surface area (Å²) in [6, 6.07) is 7.40. The minimum Gasteiger partial charge on any atom is -0.497 e. The molecular formula is C12H15NO2. The molecule has 80 valence electrons. The predicted molar refractivity (Wildman–Crippen MR) is 60.7 cm³/mol. The third-order valence-electron chi connectivity index (χ3n) is 2.07. The first-order chi connectivity index (χ1) is 7.19. The number of Topliss-reactive ketones (excluding diaryl/α,β-unsaturated/α-hetero) is 1. The number of ether oxygens (including phenoxy) is 1. The van der Waals surface area contributed by atoms with E-state index in [-0.39, 0.29) is 5.78 Å². The Morgan fingerprint density at radius 3 is 2.33 bits per heavy atom. The molecule has 0 amide bonds. The summed E-state index contributed by atoms with van der Waals surface area (Å²) in [6.45, 7) is 1.55. The van der Waals surface area contributed by atoms with E-state index in [1.807, 2.05) is 24.3 Å². The fourth-order valence-electron chi connectivity index (χ4n) is 1.30. The molecule has 0 aliphatic heterocycles. The maximum Gasteiger partial charge on any atom is 0.161 e. The second-order valence-electron chi connectivity index (χ2n) is 3.13. The van der Waals surface area contributed by atoms with Crippen LogP contribution in [0, 0.1) is 0 Å². The van der Waals surface area contributed by atoms with Crippen molar-refractivity contribution in [2.24, 2.45) is 0 Å². The van der Waals surface area contributed by atoms with E-state index in [2.05, 4.69) is 5.32 Å². The van der Waals surface area contributed by atoms with Crippen molar-refractivity contribution < 1.29 is 9.53 Å². The summed E-state index contributed by atoms with van der Waals surface area (Å²) in [5.74, 6) is 0.820. The molecule has 0 fully saturated rings. The highest BCUT2D eigenvalue weighted by atomic mass is 16.5. The summed E-state index contributed by atoms with van der Waals surface area (Å²) in [4.78, 5) is 11.3. The molecule has 3 heteroatoms. The van der Waals surface area contributed by atoms with Gasteiger partial charge < -0.3 is 10.1 Å². The number of rotatable bonds is 4. The van der Waals surface area contributed by atoms with Gasteiger partial charge in [-0.1, -0.05) is 12.1 Å². The number of benzene rings is 1. The zero-order chi connectivity index (χ0) is 11.3. The standard InChI is InChI=1S/C12H15NO2/c1-9(14)12(8-13-2)10-4-6-11(15-3)7-5-10/h4-8,13H,1-3H3/b12-8+. The molecule has 0 saturated heterocycles. The zero-order valence-electron chi connectivity index (χ0n) is 9.20. The van der Waals surface area contributed by atoms with Gasteiger partial charge in [0, 0.05) is 18.8 Å². The SMILES string of the molecule is CN/C=C(\C(C)=O)c1ccc(OC)cc1. The van der Waals surface area contributed by atoms with Gasteiger partial charge in [0.1, 0.15) is 5.75 Å². The fourth-order valence-corrected chi connectivity index (χ4v) is 1.30. The molecule has 0 bridgehead atoms. The van der Waals surface area contributed by atoms with Crippen LogP contribution < -0.4 is 10.1 Å². The predicted octanol–water partition coefficient (Wildman–Crippen LogP) is 1.84. The smallest absolute Gasteiger partial charge is 0.161 e. The van der Waals surface area contributed by atoms with Crippen molar-refractivity contribution in [1.29, 1.82) is 0 Å². The maximum absolute atomic E-state index is 11.3. The molecule has 0 unspecified atom stereocenters. The molecule has 0 radical (unpaired) electrons. The summed E-state index contributed by atoms with van der Waals surface area (Å²) in [5.41, 5.74) is 1.55. The number of carbonyl (C=O) groups is 1. The van der Waals surface area contributed by atoms with Crippen LogP contribution in [0.4, 0.5) is 0 Å². The Morgan fingerprint density at radius 1 is 1.33 bits per heavy atom. The van der Waals surface area contributed by atoms with Crippen molar-refractivity contribution in [1.82, 2.24) is 5.32 Å². The lowest BCUT2D eigenvalue weighted by Gasteiger charge is -2.05. The van der Waals surface area contributed by atoms with E-state index in [9.17, 15) is 4.79 Å². The Hall–Kier alpha value is -1.77. The monoisotopic (exact) mass is 205 g/mol. The quantitative estimate of drug-likeness (QED) is 0.762. The molecule has 0 aromatic heterocycles. The highest BCUT2D eigenvalue weighted by Gasteiger charge is 2.06.